The summed E-state index contributed by atoms with van der Waals surface area (Å²) in [5.41, 5.74) is 5.51. The fourth-order valence-corrected chi connectivity index (χ4v) is 7.82. The Kier molecular flexibility index (Phi) is 15.3. The van der Waals surface area contributed by atoms with E-state index in [0.717, 1.165) is 0 Å². The van der Waals surface area contributed by atoms with E-state index in [9.17, 15) is 53.4 Å². The topological polar surface area (TPSA) is 281 Å². The maximum absolute atomic E-state index is 13.4. The van der Waals surface area contributed by atoms with Crippen molar-refractivity contribution in [3.8, 4) is 0 Å². The number of hydrogen-bond acceptors (Lipinski definition) is 11. The van der Waals surface area contributed by atoms with Crippen molar-refractivity contribution in [1.29, 1.82) is 0 Å². The van der Waals surface area contributed by atoms with Crippen LogP contribution < -0.4 is 27.0 Å². The number of likely N-dealkylation sites (tertiary alicyclic amines) is 4. The van der Waals surface area contributed by atoms with Crippen LogP contribution in [0.1, 0.15) is 71.6 Å². The Bertz CT molecular complexity index is 1490. The Balaban J connectivity index is 1.27. The van der Waals surface area contributed by atoms with Crippen molar-refractivity contribution in [3.63, 3.8) is 0 Å². The number of carboxylic acid groups (broad SMARTS) is 1. The molecule has 4 saturated heterocycles. The first-order chi connectivity index (χ1) is 26.2. The van der Waals surface area contributed by atoms with Gasteiger partial charge in [0.25, 0.3) is 0 Å². The molecule has 8 N–H and O–H groups in total. The molecular weight excluding hydrogens is 722 g/mol. The fraction of sp³-hybridized carbons (Fsp3) is 0.743. The number of nitrogens with zero attached hydrogens (tertiary/aromatic N) is 4. The number of carboxylic acids is 1. The van der Waals surface area contributed by atoms with Gasteiger partial charge in [0.2, 0.25) is 47.3 Å². The van der Waals surface area contributed by atoms with Crippen LogP contribution >= 0.6 is 0 Å². The van der Waals surface area contributed by atoms with Gasteiger partial charge in [0, 0.05) is 26.2 Å². The summed E-state index contributed by atoms with van der Waals surface area (Å²) < 4.78 is 0. The van der Waals surface area contributed by atoms with E-state index in [1.54, 1.807) is 13.8 Å². The minimum absolute atomic E-state index is 0.105. The molecule has 6 atom stereocenters. The van der Waals surface area contributed by atoms with Crippen LogP contribution in [0.3, 0.4) is 0 Å². The Labute approximate surface area is 319 Å². The number of carbonyl (C=O) groups excluding carboxylic acids is 8. The first kappa shape index (κ1) is 42.9. The van der Waals surface area contributed by atoms with Crippen molar-refractivity contribution in [1.82, 2.24) is 40.9 Å². The van der Waals surface area contributed by atoms with Gasteiger partial charge >= 0.3 is 5.97 Å². The van der Waals surface area contributed by atoms with Gasteiger partial charge in [-0.2, -0.15) is 0 Å². The van der Waals surface area contributed by atoms with E-state index in [0.29, 0.717) is 64.5 Å². The number of nitrogens with one attached hydrogen (secondary N) is 4. The number of aliphatic carboxylic acids is 1. The highest BCUT2D eigenvalue weighted by Crippen LogP contribution is 2.26. The summed E-state index contributed by atoms with van der Waals surface area (Å²) >= 11 is 0. The van der Waals surface area contributed by atoms with Gasteiger partial charge in [0.1, 0.15) is 36.3 Å². The SMILES string of the molecule is CC(C)C[C@H](NC(=O)CNC(=O)[C@@H]1CCCN1C(=O)[C@@H]1CCCN1C(=O)CN)C(=O)N[C@@H](CO)C(=O)NCC(=O)N1CCC[C@H]1C(=O)N1CCC[C@H]1C(=O)O. The number of rotatable bonds is 16. The van der Waals surface area contributed by atoms with E-state index in [1.165, 1.54) is 19.6 Å². The molecule has 0 unspecified atom stereocenters. The maximum Gasteiger partial charge on any atom is 0.326 e. The van der Waals surface area contributed by atoms with E-state index in [-0.39, 0.29) is 43.8 Å². The molecule has 0 bridgehead atoms. The predicted molar refractivity (Wildman–Crippen MR) is 192 cm³/mol. The van der Waals surface area contributed by atoms with Gasteiger partial charge < -0.3 is 56.8 Å². The minimum atomic E-state index is -1.50. The highest BCUT2D eigenvalue weighted by atomic mass is 16.4. The number of carbonyl (C=O) groups is 9. The monoisotopic (exact) mass is 777 g/mol. The molecule has 0 aromatic carbocycles. The lowest BCUT2D eigenvalue weighted by molar-refractivity contribution is -0.151. The summed E-state index contributed by atoms with van der Waals surface area (Å²) in [6.07, 6.45) is 3.90. The summed E-state index contributed by atoms with van der Waals surface area (Å²) in [5.74, 6) is -5.89. The summed E-state index contributed by atoms with van der Waals surface area (Å²) in [7, 11) is 0. The quantitative estimate of drug-likeness (QED) is 0.0796. The average Bonchev–Trinajstić information content (AvgIpc) is 3.99. The van der Waals surface area contributed by atoms with Crippen LogP contribution in [0.25, 0.3) is 0 Å². The number of aliphatic hydroxyl groups is 1. The van der Waals surface area contributed by atoms with Crippen LogP contribution in [-0.2, 0) is 43.2 Å². The molecule has 4 aliphatic heterocycles. The molecule has 4 aliphatic rings. The summed E-state index contributed by atoms with van der Waals surface area (Å²) in [6, 6.07) is -6.01. The van der Waals surface area contributed by atoms with Crippen LogP contribution in [-0.4, -0.2) is 172 Å². The zero-order valence-electron chi connectivity index (χ0n) is 31.5. The third-order valence-electron chi connectivity index (χ3n) is 10.6. The summed E-state index contributed by atoms with van der Waals surface area (Å²) in [4.78, 5) is 121. The van der Waals surface area contributed by atoms with Gasteiger partial charge in [-0.25, -0.2) is 4.79 Å². The van der Waals surface area contributed by atoms with Gasteiger partial charge in [-0.15, -0.1) is 0 Å². The first-order valence-electron chi connectivity index (χ1n) is 19.1. The standard InChI is InChI=1S/C35H55N9O11/c1-20(2)15-21(39-27(46)17-37-32(51)23-7-3-13-43(23)33(52)24-8-4-11-41(24)28(47)16-36)31(50)40-22(19-45)30(49)38-18-29(48)42-12-5-9-25(42)34(53)44-14-6-10-26(44)35(54)55/h20-26,45H,3-19,36H2,1-2H3,(H,37,51)(H,38,49)(H,39,46)(H,40,50)(H,54,55)/t21-,22-,23-,24-,25-,26-/m0/s1. The first-order valence-corrected chi connectivity index (χ1v) is 19.1. The molecule has 20 nitrogen and oxygen atoms in total. The highest BCUT2D eigenvalue weighted by Gasteiger charge is 2.43. The molecule has 4 fully saturated rings. The Morgan fingerprint density at radius 2 is 1.15 bits per heavy atom. The predicted octanol–water partition coefficient (Wildman–Crippen LogP) is -3.77. The molecular formula is C35H55N9O11. The van der Waals surface area contributed by atoms with E-state index in [4.69, 9.17) is 5.73 Å². The van der Waals surface area contributed by atoms with Crippen molar-refractivity contribution in [3.05, 3.63) is 0 Å². The van der Waals surface area contributed by atoms with Gasteiger partial charge in [-0.1, -0.05) is 13.8 Å². The molecule has 4 rings (SSSR count). The Hall–Kier alpha value is -4.85. The molecule has 0 aromatic rings. The average molecular weight is 778 g/mol. The van der Waals surface area contributed by atoms with Crippen molar-refractivity contribution in [2.45, 2.75) is 108 Å². The van der Waals surface area contributed by atoms with Crippen molar-refractivity contribution < 1.29 is 53.4 Å². The van der Waals surface area contributed by atoms with Crippen LogP contribution in [0.4, 0.5) is 0 Å². The zero-order chi connectivity index (χ0) is 40.4. The summed E-state index contributed by atoms with van der Waals surface area (Å²) in [5, 5.41) is 29.3. The lowest BCUT2D eigenvalue weighted by atomic mass is 10.0. The van der Waals surface area contributed by atoms with Crippen LogP contribution in [0.5, 0.6) is 0 Å². The number of amides is 8. The fourth-order valence-electron chi connectivity index (χ4n) is 7.82. The zero-order valence-corrected chi connectivity index (χ0v) is 31.5. The molecule has 8 amide bonds. The van der Waals surface area contributed by atoms with Gasteiger partial charge in [0.05, 0.1) is 26.2 Å². The van der Waals surface area contributed by atoms with E-state index in [1.807, 2.05) is 0 Å². The van der Waals surface area contributed by atoms with Crippen molar-refractivity contribution >= 4 is 53.2 Å². The van der Waals surface area contributed by atoms with E-state index in [2.05, 4.69) is 21.3 Å². The van der Waals surface area contributed by atoms with Crippen LogP contribution in [0, 0.1) is 5.92 Å². The second-order valence-electron chi connectivity index (χ2n) is 14.8. The van der Waals surface area contributed by atoms with Gasteiger partial charge in [-0.05, 0) is 63.7 Å². The molecule has 0 aromatic heterocycles. The second-order valence-corrected chi connectivity index (χ2v) is 14.8. The third kappa shape index (κ3) is 10.7. The molecule has 306 valence electrons. The molecule has 0 radical (unpaired) electrons. The lowest BCUT2D eigenvalue weighted by Gasteiger charge is -2.30. The van der Waals surface area contributed by atoms with Crippen molar-refractivity contribution in [2.75, 3.05) is 52.4 Å². The lowest BCUT2D eigenvalue weighted by Crippen LogP contribution is -2.57. The van der Waals surface area contributed by atoms with E-state index >= 15 is 0 Å². The Morgan fingerprint density at radius 3 is 1.67 bits per heavy atom. The van der Waals surface area contributed by atoms with Crippen LogP contribution in [0.2, 0.25) is 0 Å². The number of aliphatic hydroxyl groups excluding tert-OH is 1. The number of hydrogen-bond donors (Lipinski definition) is 7. The summed E-state index contributed by atoms with van der Waals surface area (Å²) in [6.45, 7) is 2.73. The largest absolute Gasteiger partial charge is 0.480 e. The Morgan fingerprint density at radius 1 is 0.636 bits per heavy atom. The third-order valence-corrected chi connectivity index (χ3v) is 10.6. The normalized spacial score (nSPS) is 23.4. The van der Waals surface area contributed by atoms with Crippen molar-refractivity contribution in [2.24, 2.45) is 11.7 Å². The molecule has 0 spiro atoms. The van der Waals surface area contributed by atoms with Gasteiger partial charge in [-0.3, -0.25) is 38.4 Å². The number of nitrogens with two attached hydrogens (primary N) is 1. The maximum atomic E-state index is 13.4. The minimum Gasteiger partial charge on any atom is -0.480 e. The molecule has 20 heteroatoms. The molecule has 4 heterocycles. The smallest absolute Gasteiger partial charge is 0.326 e. The van der Waals surface area contributed by atoms with E-state index < -0.39 is 97.4 Å². The molecule has 0 saturated carbocycles. The molecule has 55 heavy (non-hydrogen) atoms. The highest BCUT2D eigenvalue weighted by molar-refractivity contribution is 5.97. The van der Waals surface area contributed by atoms with Gasteiger partial charge in [0.15, 0.2) is 0 Å². The second kappa shape index (κ2) is 19.7. The molecule has 0 aliphatic carbocycles. The van der Waals surface area contributed by atoms with Crippen LogP contribution in [0.15, 0.2) is 0 Å².